The van der Waals surface area contributed by atoms with Gasteiger partial charge in [-0.05, 0) is 31.1 Å². The predicted molar refractivity (Wildman–Crippen MR) is 68.8 cm³/mol. The molecule has 1 aliphatic rings. The van der Waals surface area contributed by atoms with E-state index in [0.717, 1.165) is 38.8 Å². The van der Waals surface area contributed by atoms with Crippen molar-refractivity contribution in [3.05, 3.63) is 0 Å². The molecule has 1 aliphatic heterocycles. The SMILES string of the molecule is CC(C)(CCCO)CNC1CCCNC(=O)C1. The van der Waals surface area contributed by atoms with Crippen LogP contribution in [0.15, 0.2) is 0 Å². The van der Waals surface area contributed by atoms with Crippen molar-refractivity contribution in [3.8, 4) is 0 Å². The molecule has 4 nitrogen and oxygen atoms in total. The van der Waals surface area contributed by atoms with Gasteiger partial charge in [0.15, 0.2) is 0 Å². The number of rotatable bonds is 6. The molecule has 0 radical (unpaired) electrons. The Labute approximate surface area is 104 Å². The zero-order valence-corrected chi connectivity index (χ0v) is 11.1. The molecule has 1 rings (SSSR count). The monoisotopic (exact) mass is 242 g/mol. The average Bonchev–Trinajstić information content (AvgIpc) is 2.49. The van der Waals surface area contributed by atoms with Crippen LogP contribution < -0.4 is 10.6 Å². The molecular formula is C13H26N2O2. The van der Waals surface area contributed by atoms with Gasteiger partial charge in [-0.2, -0.15) is 0 Å². The van der Waals surface area contributed by atoms with Gasteiger partial charge in [-0.1, -0.05) is 13.8 Å². The fourth-order valence-electron chi connectivity index (χ4n) is 2.22. The third kappa shape index (κ3) is 6.03. The first-order chi connectivity index (χ1) is 8.03. The highest BCUT2D eigenvalue weighted by atomic mass is 16.2. The minimum Gasteiger partial charge on any atom is -0.396 e. The van der Waals surface area contributed by atoms with Crippen LogP contribution in [-0.2, 0) is 4.79 Å². The maximum Gasteiger partial charge on any atom is 0.221 e. The first kappa shape index (κ1) is 14.5. The van der Waals surface area contributed by atoms with Crippen LogP contribution in [0.2, 0.25) is 0 Å². The third-order valence-corrected chi connectivity index (χ3v) is 3.36. The molecule has 1 fully saturated rings. The molecule has 1 unspecified atom stereocenters. The summed E-state index contributed by atoms with van der Waals surface area (Å²) in [6.45, 7) is 6.38. The number of carbonyl (C=O) groups excluding carboxylic acids is 1. The maximum atomic E-state index is 11.4. The minimum atomic E-state index is 0.160. The molecule has 0 spiro atoms. The number of amides is 1. The van der Waals surface area contributed by atoms with E-state index in [0.29, 0.717) is 12.5 Å². The van der Waals surface area contributed by atoms with Gasteiger partial charge in [0.05, 0.1) is 0 Å². The van der Waals surface area contributed by atoms with Crippen LogP contribution in [-0.4, -0.2) is 36.8 Å². The van der Waals surface area contributed by atoms with Crippen molar-refractivity contribution in [2.45, 2.75) is 52.0 Å². The fraction of sp³-hybridized carbons (Fsp3) is 0.923. The molecule has 4 heteroatoms. The maximum absolute atomic E-state index is 11.4. The molecule has 3 N–H and O–H groups in total. The molecule has 1 atom stereocenters. The second-order valence-corrected chi connectivity index (χ2v) is 5.77. The van der Waals surface area contributed by atoms with Gasteiger partial charge in [-0.15, -0.1) is 0 Å². The van der Waals surface area contributed by atoms with Crippen LogP contribution in [0.5, 0.6) is 0 Å². The number of aliphatic hydroxyl groups excluding tert-OH is 1. The lowest BCUT2D eigenvalue weighted by Gasteiger charge is -2.27. The highest BCUT2D eigenvalue weighted by molar-refractivity contribution is 5.76. The summed E-state index contributed by atoms with van der Waals surface area (Å²) >= 11 is 0. The van der Waals surface area contributed by atoms with Crippen LogP contribution in [0.4, 0.5) is 0 Å². The third-order valence-electron chi connectivity index (χ3n) is 3.36. The molecule has 0 aliphatic carbocycles. The van der Waals surface area contributed by atoms with Crippen molar-refractivity contribution in [1.29, 1.82) is 0 Å². The first-order valence-electron chi connectivity index (χ1n) is 6.64. The van der Waals surface area contributed by atoms with E-state index in [4.69, 9.17) is 5.11 Å². The van der Waals surface area contributed by atoms with Crippen molar-refractivity contribution in [3.63, 3.8) is 0 Å². The van der Waals surface area contributed by atoms with Gasteiger partial charge in [-0.25, -0.2) is 0 Å². The fourth-order valence-corrected chi connectivity index (χ4v) is 2.22. The Morgan fingerprint density at radius 1 is 1.53 bits per heavy atom. The molecule has 0 saturated carbocycles. The van der Waals surface area contributed by atoms with Crippen molar-refractivity contribution < 1.29 is 9.90 Å². The summed E-state index contributed by atoms with van der Waals surface area (Å²) in [7, 11) is 0. The van der Waals surface area contributed by atoms with Gasteiger partial charge in [0, 0.05) is 32.2 Å². The highest BCUT2D eigenvalue weighted by Crippen LogP contribution is 2.21. The van der Waals surface area contributed by atoms with E-state index in [1.165, 1.54) is 0 Å². The zero-order valence-electron chi connectivity index (χ0n) is 11.1. The van der Waals surface area contributed by atoms with Crippen molar-refractivity contribution in [2.24, 2.45) is 5.41 Å². The van der Waals surface area contributed by atoms with Gasteiger partial charge in [0.25, 0.3) is 0 Å². The van der Waals surface area contributed by atoms with Gasteiger partial charge in [0.1, 0.15) is 0 Å². The molecule has 1 amide bonds. The molecular weight excluding hydrogens is 216 g/mol. The number of aliphatic hydroxyl groups is 1. The largest absolute Gasteiger partial charge is 0.396 e. The van der Waals surface area contributed by atoms with Crippen LogP contribution in [0.3, 0.4) is 0 Å². The molecule has 0 aromatic carbocycles. The Bertz CT molecular complexity index is 242. The Hall–Kier alpha value is -0.610. The average molecular weight is 242 g/mol. The molecule has 0 aromatic heterocycles. The highest BCUT2D eigenvalue weighted by Gasteiger charge is 2.21. The normalized spacial score (nSPS) is 22.1. The molecule has 1 saturated heterocycles. The first-order valence-corrected chi connectivity index (χ1v) is 6.64. The lowest BCUT2D eigenvalue weighted by atomic mass is 9.87. The van der Waals surface area contributed by atoms with E-state index in [2.05, 4.69) is 24.5 Å². The summed E-state index contributed by atoms with van der Waals surface area (Å²) in [4.78, 5) is 11.4. The van der Waals surface area contributed by atoms with Crippen LogP contribution in [0.25, 0.3) is 0 Å². The topological polar surface area (TPSA) is 61.4 Å². The summed E-state index contributed by atoms with van der Waals surface area (Å²) in [5.41, 5.74) is 0.186. The van der Waals surface area contributed by atoms with Gasteiger partial charge >= 0.3 is 0 Å². The number of nitrogens with one attached hydrogen (secondary N) is 2. The number of carbonyl (C=O) groups is 1. The second kappa shape index (κ2) is 6.97. The summed E-state index contributed by atoms with van der Waals surface area (Å²) in [5.74, 6) is 0.160. The van der Waals surface area contributed by atoms with Gasteiger partial charge in [0.2, 0.25) is 5.91 Å². The van der Waals surface area contributed by atoms with Gasteiger partial charge < -0.3 is 15.7 Å². The Morgan fingerprint density at radius 2 is 2.29 bits per heavy atom. The smallest absolute Gasteiger partial charge is 0.221 e. The number of hydrogen-bond acceptors (Lipinski definition) is 3. The van der Waals surface area contributed by atoms with E-state index in [9.17, 15) is 4.79 Å². The molecule has 17 heavy (non-hydrogen) atoms. The summed E-state index contributed by atoms with van der Waals surface area (Å²) in [6.07, 6.45) is 4.57. The zero-order chi connectivity index (χ0) is 12.7. The quantitative estimate of drug-likeness (QED) is 0.652. The molecule has 100 valence electrons. The van der Waals surface area contributed by atoms with Crippen LogP contribution >= 0.6 is 0 Å². The lowest BCUT2D eigenvalue weighted by molar-refractivity contribution is -0.121. The molecule has 0 bridgehead atoms. The van der Waals surface area contributed by atoms with E-state index >= 15 is 0 Å². The predicted octanol–water partition coefficient (Wildman–Crippen LogP) is 1.04. The van der Waals surface area contributed by atoms with Crippen LogP contribution in [0.1, 0.15) is 46.0 Å². The lowest BCUT2D eigenvalue weighted by Crippen LogP contribution is -2.38. The summed E-state index contributed by atoms with van der Waals surface area (Å²) in [6, 6.07) is 0.311. The Balaban J connectivity index is 2.30. The van der Waals surface area contributed by atoms with Crippen LogP contribution in [0, 0.1) is 5.41 Å². The van der Waals surface area contributed by atoms with Crippen molar-refractivity contribution in [2.75, 3.05) is 19.7 Å². The van der Waals surface area contributed by atoms with Crippen molar-refractivity contribution >= 4 is 5.91 Å². The second-order valence-electron chi connectivity index (χ2n) is 5.77. The van der Waals surface area contributed by atoms with E-state index in [-0.39, 0.29) is 17.9 Å². The van der Waals surface area contributed by atoms with E-state index in [1.807, 2.05) is 0 Å². The Kier molecular flexibility index (Phi) is 5.92. The molecule has 1 heterocycles. The van der Waals surface area contributed by atoms with E-state index < -0.39 is 0 Å². The van der Waals surface area contributed by atoms with E-state index in [1.54, 1.807) is 0 Å². The molecule has 0 aromatic rings. The summed E-state index contributed by atoms with van der Waals surface area (Å²) in [5, 5.41) is 15.2. The standard InChI is InChI=1S/C13H26N2O2/c1-13(2,6-4-8-16)10-15-11-5-3-7-14-12(17)9-11/h11,15-16H,3-10H2,1-2H3,(H,14,17). The summed E-state index contributed by atoms with van der Waals surface area (Å²) < 4.78 is 0. The van der Waals surface area contributed by atoms with Gasteiger partial charge in [-0.3, -0.25) is 4.79 Å². The Morgan fingerprint density at radius 3 is 3.00 bits per heavy atom. The minimum absolute atomic E-state index is 0.160. The van der Waals surface area contributed by atoms with Crippen molar-refractivity contribution in [1.82, 2.24) is 10.6 Å². The number of hydrogen-bond donors (Lipinski definition) is 3.